The van der Waals surface area contributed by atoms with Gasteiger partial charge in [-0.05, 0) is 11.6 Å². The van der Waals surface area contributed by atoms with E-state index in [1.165, 1.54) is 0 Å². The maximum absolute atomic E-state index is 12.7. The number of amides is 1. The third kappa shape index (κ3) is 2.32. The molecule has 0 fully saturated rings. The van der Waals surface area contributed by atoms with E-state index < -0.39 is 0 Å². The Morgan fingerprint density at radius 1 is 1.00 bits per heavy atom. The molecule has 0 saturated carbocycles. The quantitative estimate of drug-likeness (QED) is 0.728. The number of hydrogen-bond donors (Lipinski definition) is 0. The number of rotatable bonds is 2. The molecule has 114 valence electrons. The lowest BCUT2D eigenvalue weighted by molar-refractivity contribution is 0.0644. The van der Waals surface area contributed by atoms with E-state index >= 15 is 0 Å². The predicted molar refractivity (Wildman–Crippen MR) is 88.9 cm³/mol. The Hall–Kier alpha value is -2.88. The summed E-state index contributed by atoms with van der Waals surface area (Å²) >= 11 is 0. The van der Waals surface area contributed by atoms with E-state index in [9.17, 15) is 4.79 Å². The molecule has 0 bridgehead atoms. The lowest BCUT2D eigenvalue weighted by Crippen LogP contribution is -2.40. The van der Waals surface area contributed by atoms with Crippen molar-refractivity contribution in [3.63, 3.8) is 0 Å². The Labute approximate surface area is 135 Å². The molecule has 0 saturated heterocycles. The van der Waals surface area contributed by atoms with Gasteiger partial charge in [-0.3, -0.25) is 9.48 Å². The fraction of sp³-hybridized carbons (Fsp3) is 0.158. The normalized spacial score (nSPS) is 17.2. The van der Waals surface area contributed by atoms with Gasteiger partial charge < -0.3 is 4.90 Å². The highest BCUT2D eigenvalue weighted by Crippen LogP contribution is 2.30. The van der Waals surface area contributed by atoms with Crippen LogP contribution in [-0.2, 0) is 6.54 Å². The number of aromatic nitrogens is 2. The molecular weight excluding hydrogens is 286 g/mol. The molecule has 2 aromatic carbocycles. The van der Waals surface area contributed by atoms with E-state index in [2.05, 4.69) is 17.2 Å². The van der Waals surface area contributed by atoms with E-state index in [-0.39, 0.29) is 11.9 Å². The van der Waals surface area contributed by atoms with E-state index in [1.54, 1.807) is 4.90 Å². The van der Waals surface area contributed by atoms with Crippen LogP contribution in [0.4, 0.5) is 0 Å². The second-order valence-electron chi connectivity index (χ2n) is 5.81. The third-order valence-electron chi connectivity index (χ3n) is 4.39. The maximum Gasteiger partial charge on any atom is 0.272 e. The van der Waals surface area contributed by atoms with Crippen molar-refractivity contribution in [2.75, 3.05) is 7.05 Å². The van der Waals surface area contributed by atoms with Crippen molar-refractivity contribution in [3.8, 4) is 11.3 Å². The molecule has 0 aliphatic carbocycles. The van der Waals surface area contributed by atoms with Crippen molar-refractivity contribution in [2.24, 2.45) is 0 Å². The predicted octanol–water partition coefficient (Wildman–Crippen LogP) is 3.38. The summed E-state index contributed by atoms with van der Waals surface area (Å²) in [6.45, 7) is 0.675. The molecule has 1 aromatic heterocycles. The first-order valence-corrected chi connectivity index (χ1v) is 7.69. The average molecular weight is 303 g/mol. The molecular formula is C19H17N3O. The summed E-state index contributed by atoms with van der Waals surface area (Å²) in [5.41, 5.74) is 3.65. The molecule has 4 nitrogen and oxygen atoms in total. The Morgan fingerprint density at radius 2 is 1.65 bits per heavy atom. The summed E-state index contributed by atoms with van der Waals surface area (Å²) < 4.78 is 1.84. The fourth-order valence-corrected chi connectivity index (χ4v) is 3.09. The Bertz CT molecular complexity index is 840. The van der Waals surface area contributed by atoms with Gasteiger partial charge in [0.2, 0.25) is 0 Å². The van der Waals surface area contributed by atoms with E-state index in [0.717, 1.165) is 16.8 Å². The van der Waals surface area contributed by atoms with Crippen LogP contribution in [0, 0.1) is 0 Å². The maximum atomic E-state index is 12.7. The molecule has 1 atom stereocenters. The lowest BCUT2D eigenvalue weighted by atomic mass is 10.0. The van der Waals surface area contributed by atoms with Crippen LogP contribution in [0.3, 0.4) is 0 Å². The van der Waals surface area contributed by atoms with Gasteiger partial charge in [-0.25, -0.2) is 0 Å². The van der Waals surface area contributed by atoms with E-state index in [4.69, 9.17) is 0 Å². The molecule has 0 spiro atoms. The van der Waals surface area contributed by atoms with Crippen molar-refractivity contribution in [2.45, 2.75) is 12.6 Å². The van der Waals surface area contributed by atoms with Crippen molar-refractivity contribution in [1.29, 1.82) is 0 Å². The molecule has 4 rings (SSSR count). The van der Waals surface area contributed by atoms with Gasteiger partial charge in [0.25, 0.3) is 5.91 Å². The monoisotopic (exact) mass is 303 g/mol. The number of nitrogens with zero attached hydrogens (tertiary/aromatic N) is 3. The molecule has 2 heterocycles. The van der Waals surface area contributed by atoms with Gasteiger partial charge in [-0.1, -0.05) is 60.7 Å². The second kappa shape index (κ2) is 5.39. The third-order valence-corrected chi connectivity index (χ3v) is 4.39. The largest absolute Gasteiger partial charge is 0.331 e. The first-order chi connectivity index (χ1) is 11.2. The number of hydrogen-bond acceptors (Lipinski definition) is 2. The molecule has 23 heavy (non-hydrogen) atoms. The SMILES string of the molecule is CN1C(=O)c2cc(-c3ccccc3)nn2CC1c1ccccc1. The number of carbonyl (C=O) groups is 1. The highest BCUT2D eigenvalue weighted by Gasteiger charge is 2.32. The lowest BCUT2D eigenvalue weighted by Gasteiger charge is -2.33. The van der Waals surface area contributed by atoms with Crippen LogP contribution in [-0.4, -0.2) is 27.6 Å². The van der Waals surface area contributed by atoms with Crippen LogP contribution >= 0.6 is 0 Å². The Balaban J connectivity index is 1.74. The molecule has 3 aromatic rings. The van der Waals surface area contributed by atoms with Crippen LogP contribution < -0.4 is 0 Å². The summed E-state index contributed by atoms with van der Waals surface area (Å²) in [6.07, 6.45) is 0. The molecule has 0 N–H and O–H groups in total. The van der Waals surface area contributed by atoms with Crippen LogP contribution in [0.1, 0.15) is 22.1 Å². The highest BCUT2D eigenvalue weighted by molar-refractivity contribution is 5.94. The minimum atomic E-state index is 0.0136. The summed E-state index contributed by atoms with van der Waals surface area (Å²) in [4.78, 5) is 14.5. The number of benzene rings is 2. The molecule has 1 unspecified atom stereocenters. The zero-order chi connectivity index (χ0) is 15.8. The van der Waals surface area contributed by atoms with Gasteiger partial charge in [0.05, 0.1) is 18.3 Å². The zero-order valence-electron chi connectivity index (χ0n) is 12.9. The van der Waals surface area contributed by atoms with Crippen molar-refractivity contribution in [3.05, 3.63) is 78.0 Å². The van der Waals surface area contributed by atoms with Gasteiger partial charge in [0, 0.05) is 12.6 Å². The van der Waals surface area contributed by atoms with E-state index in [0.29, 0.717) is 12.2 Å². The first-order valence-electron chi connectivity index (χ1n) is 7.69. The topological polar surface area (TPSA) is 38.1 Å². The van der Waals surface area contributed by atoms with Gasteiger partial charge >= 0.3 is 0 Å². The van der Waals surface area contributed by atoms with Crippen molar-refractivity contribution in [1.82, 2.24) is 14.7 Å². The number of carbonyl (C=O) groups excluding carboxylic acids is 1. The molecule has 4 heteroatoms. The zero-order valence-corrected chi connectivity index (χ0v) is 12.9. The minimum Gasteiger partial charge on any atom is -0.331 e. The average Bonchev–Trinajstić information content (AvgIpc) is 3.04. The summed E-state index contributed by atoms with van der Waals surface area (Å²) in [5.74, 6) is 0.0137. The number of likely N-dealkylation sites (N-methyl/N-ethyl adjacent to an activating group) is 1. The van der Waals surface area contributed by atoms with Crippen molar-refractivity contribution < 1.29 is 4.79 Å². The van der Waals surface area contributed by atoms with Gasteiger partial charge in [-0.15, -0.1) is 0 Å². The smallest absolute Gasteiger partial charge is 0.272 e. The minimum absolute atomic E-state index is 0.0136. The van der Waals surface area contributed by atoms with Crippen LogP contribution in [0.25, 0.3) is 11.3 Å². The molecule has 0 radical (unpaired) electrons. The molecule has 1 aliphatic heterocycles. The Morgan fingerprint density at radius 3 is 2.35 bits per heavy atom. The van der Waals surface area contributed by atoms with Crippen LogP contribution in [0.15, 0.2) is 66.7 Å². The summed E-state index contributed by atoms with van der Waals surface area (Å²) in [7, 11) is 1.86. The van der Waals surface area contributed by atoms with Crippen LogP contribution in [0.2, 0.25) is 0 Å². The van der Waals surface area contributed by atoms with Crippen LogP contribution in [0.5, 0.6) is 0 Å². The number of fused-ring (bicyclic) bond motifs is 1. The molecule has 1 amide bonds. The summed E-state index contributed by atoms with van der Waals surface area (Å²) in [5, 5.41) is 4.65. The van der Waals surface area contributed by atoms with Gasteiger partial charge in [-0.2, -0.15) is 5.10 Å². The first kappa shape index (κ1) is 13.8. The standard InChI is InChI=1S/C19H17N3O/c1-21-18(15-10-6-3-7-11-15)13-22-17(19(21)23)12-16(20-22)14-8-4-2-5-9-14/h2-12,18H,13H2,1H3. The fourth-order valence-electron chi connectivity index (χ4n) is 3.09. The highest BCUT2D eigenvalue weighted by atomic mass is 16.2. The van der Waals surface area contributed by atoms with E-state index in [1.807, 2.05) is 66.3 Å². The summed E-state index contributed by atoms with van der Waals surface area (Å²) in [6, 6.07) is 22.0. The van der Waals surface area contributed by atoms with Gasteiger partial charge in [0.15, 0.2) is 0 Å². The second-order valence-corrected chi connectivity index (χ2v) is 5.81. The Kier molecular flexibility index (Phi) is 3.23. The van der Waals surface area contributed by atoms with Crippen molar-refractivity contribution >= 4 is 5.91 Å². The van der Waals surface area contributed by atoms with Gasteiger partial charge in [0.1, 0.15) is 5.69 Å². The molecule has 1 aliphatic rings.